The summed E-state index contributed by atoms with van der Waals surface area (Å²) in [7, 11) is 0. The van der Waals surface area contributed by atoms with Crippen LogP contribution in [-0.4, -0.2) is 58.0 Å². The Balaban J connectivity index is 1.20. The van der Waals surface area contributed by atoms with Crippen LogP contribution in [0, 0.1) is 29.6 Å². The van der Waals surface area contributed by atoms with Gasteiger partial charge in [-0.15, -0.1) is 0 Å². The van der Waals surface area contributed by atoms with Gasteiger partial charge in [0.25, 0.3) is 0 Å². The van der Waals surface area contributed by atoms with E-state index in [2.05, 4.69) is 0 Å². The second-order valence-electron chi connectivity index (χ2n) is 13.7. The average molecular weight is 622 g/mol. The number of allylic oxidation sites excluding steroid dienone is 4. The van der Waals surface area contributed by atoms with Gasteiger partial charge in [-0.3, -0.25) is 9.59 Å². The number of anilines is 1. The minimum Gasteiger partial charge on any atom is -0.457 e. The highest BCUT2D eigenvalue weighted by Gasteiger charge is 2.80. The molecule has 5 aliphatic rings. The average Bonchev–Trinajstić information content (AvgIpc) is 3.48. The Labute approximate surface area is 259 Å². The molecule has 2 aromatic carbocycles. The fourth-order valence-corrected chi connectivity index (χ4v) is 9.38. The zero-order valence-corrected chi connectivity index (χ0v) is 25.3. The van der Waals surface area contributed by atoms with Gasteiger partial charge in [-0.2, -0.15) is 0 Å². The van der Waals surface area contributed by atoms with Gasteiger partial charge in [0, 0.05) is 34.1 Å². The molecule has 2 aromatic rings. The smallest absolute Gasteiger partial charge is 0.193 e. The normalized spacial score (nSPS) is 41.5. The summed E-state index contributed by atoms with van der Waals surface area (Å²) < 4.78 is 52.2. The molecule has 1 heterocycles. The van der Waals surface area contributed by atoms with E-state index < -0.39 is 76.8 Å². The van der Waals surface area contributed by atoms with Gasteiger partial charge < -0.3 is 30.2 Å². The van der Waals surface area contributed by atoms with E-state index >= 15 is 8.78 Å². The number of nitrogen functional groups attached to an aromatic ring is 1. The van der Waals surface area contributed by atoms with Crippen LogP contribution in [0.4, 0.5) is 14.5 Å². The molecule has 4 aliphatic carbocycles. The third-order valence-corrected chi connectivity index (χ3v) is 11.4. The lowest BCUT2D eigenvalue weighted by Crippen LogP contribution is -2.70. The van der Waals surface area contributed by atoms with E-state index in [0.29, 0.717) is 22.7 Å². The van der Waals surface area contributed by atoms with Gasteiger partial charge >= 0.3 is 0 Å². The molecular formula is C35H37F2NO7. The molecule has 0 spiro atoms. The number of aliphatic hydroxyl groups excluding tert-OH is 2. The largest absolute Gasteiger partial charge is 0.457 e. The van der Waals surface area contributed by atoms with Crippen LogP contribution in [0.25, 0.3) is 0 Å². The van der Waals surface area contributed by atoms with Gasteiger partial charge in [0.15, 0.2) is 29.1 Å². The number of fused-ring (bicyclic) bond motifs is 7. The summed E-state index contributed by atoms with van der Waals surface area (Å²) in [5.74, 6) is -1.54. The maximum absolute atomic E-state index is 17.5. The second-order valence-corrected chi connectivity index (χ2v) is 13.7. The van der Waals surface area contributed by atoms with Crippen LogP contribution in [0.15, 0.2) is 66.3 Å². The third-order valence-electron chi connectivity index (χ3n) is 11.4. The van der Waals surface area contributed by atoms with Crippen molar-refractivity contribution in [1.82, 2.24) is 0 Å². The Kier molecular flexibility index (Phi) is 6.74. The quantitative estimate of drug-likeness (QED) is 0.398. The number of nitrogens with two attached hydrogens (primary N) is 1. The Morgan fingerprint density at radius 2 is 1.84 bits per heavy atom. The number of halogens is 2. The van der Waals surface area contributed by atoms with Gasteiger partial charge in [-0.1, -0.05) is 25.1 Å². The first-order valence-electron chi connectivity index (χ1n) is 15.4. The Morgan fingerprint density at radius 1 is 1.11 bits per heavy atom. The second kappa shape index (κ2) is 10.0. The Bertz CT molecular complexity index is 1620. The van der Waals surface area contributed by atoms with Crippen molar-refractivity contribution in [3.63, 3.8) is 0 Å². The molecule has 0 bridgehead atoms. The van der Waals surface area contributed by atoms with Crippen molar-refractivity contribution < 1.29 is 42.8 Å². The molecule has 0 amide bonds. The van der Waals surface area contributed by atoms with E-state index in [1.807, 2.05) is 19.1 Å². The molecule has 45 heavy (non-hydrogen) atoms. The van der Waals surface area contributed by atoms with Gasteiger partial charge in [0.05, 0.1) is 12.2 Å². The number of carbonyl (C=O) groups excluding carboxylic acids is 2. The summed E-state index contributed by atoms with van der Waals surface area (Å²) in [6.45, 7) is 4.36. The number of rotatable bonds is 5. The van der Waals surface area contributed by atoms with Gasteiger partial charge in [0.2, 0.25) is 0 Å². The molecule has 7 rings (SSSR count). The van der Waals surface area contributed by atoms with E-state index in [1.165, 1.54) is 19.1 Å². The van der Waals surface area contributed by atoms with Crippen molar-refractivity contribution in [1.29, 1.82) is 0 Å². The van der Waals surface area contributed by atoms with Crippen molar-refractivity contribution in [2.75, 3.05) is 12.3 Å². The molecule has 10 atom stereocenters. The molecule has 238 valence electrons. The molecule has 10 heteroatoms. The predicted molar refractivity (Wildman–Crippen MR) is 160 cm³/mol. The van der Waals surface area contributed by atoms with Gasteiger partial charge in [0.1, 0.15) is 24.3 Å². The standard InChI is InChI=1S/C35H37F2NO7/c1-18-10-20(38)12-23(11-18)43-22-6-4-19(5-7-22)31-44-30-15-24-25-14-27(36)26-13-21(40)8-9-32(26,2)34(25,37)28(41)16-33(24,3)35(30,45-31)29(42)17-39/h4-13,24-25,27-28,30-31,39,41H,14-17,38H2,1-3H3/t24-,25-,27-,28-,30+,31+,32-,33-,34-,35+/m0/s1. The molecule has 4 fully saturated rings. The summed E-state index contributed by atoms with van der Waals surface area (Å²) in [6.07, 6.45) is -1.60. The zero-order chi connectivity index (χ0) is 32.1. The fourth-order valence-electron chi connectivity index (χ4n) is 9.38. The first-order chi connectivity index (χ1) is 21.3. The van der Waals surface area contributed by atoms with Gasteiger partial charge in [-0.25, -0.2) is 8.78 Å². The van der Waals surface area contributed by atoms with Gasteiger partial charge in [-0.05, 0) is 86.6 Å². The number of ketones is 2. The van der Waals surface area contributed by atoms with Crippen molar-refractivity contribution in [2.45, 2.75) is 76.0 Å². The zero-order valence-electron chi connectivity index (χ0n) is 25.3. The summed E-state index contributed by atoms with van der Waals surface area (Å²) in [6, 6.07) is 12.4. The van der Waals surface area contributed by atoms with Crippen molar-refractivity contribution in [3.05, 3.63) is 77.4 Å². The minimum atomic E-state index is -2.30. The highest BCUT2D eigenvalue weighted by atomic mass is 19.1. The number of hydrogen-bond acceptors (Lipinski definition) is 8. The van der Waals surface area contributed by atoms with E-state index in [4.69, 9.17) is 19.9 Å². The maximum atomic E-state index is 17.5. The molecule has 1 aliphatic heterocycles. The Hall–Kier alpha value is -3.44. The van der Waals surface area contributed by atoms with E-state index in [0.717, 1.165) is 11.6 Å². The van der Waals surface area contributed by atoms with Crippen LogP contribution < -0.4 is 10.5 Å². The predicted octanol–water partition coefficient (Wildman–Crippen LogP) is 5.01. The van der Waals surface area contributed by atoms with E-state index in [1.54, 1.807) is 37.3 Å². The summed E-state index contributed by atoms with van der Waals surface area (Å²) in [5.41, 5.74) is 1.36. The first-order valence-corrected chi connectivity index (χ1v) is 15.4. The number of alkyl halides is 2. The lowest BCUT2D eigenvalue weighted by Gasteiger charge is -2.63. The molecule has 8 nitrogen and oxygen atoms in total. The molecule has 0 unspecified atom stereocenters. The first kappa shape index (κ1) is 30.2. The SMILES string of the molecule is Cc1cc(N)cc(Oc2ccc([C@@H]3O[C@@H]4C[C@H]5[C@@H]6C[C@H](F)C7=CC(=O)C=C[C@]7(C)[C@@]6(F)[C@@H](O)C[C@]5(C)[C@]4(C(=O)CO)O3)cc2)c1. The highest BCUT2D eigenvalue weighted by Crippen LogP contribution is 2.72. The molecule has 4 N–H and O–H groups in total. The number of Topliss-reactive ketones (excluding diaryl/α,β-unsaturated/α-hetero) is 1. The number of aliphatic hydroxyl groups is 2. The van der Waals surface area contributed by atoms with Crippen LogP contribution in [0.1, 0.15) is 50.5 Å². The van der Waals surface area contributed by atoms with Crippen LogP contribution in [0.3, 0.4) is 0 Å². The molecule has 3 saturated carbocycles. The maximum Gasteiger partial charge on any atom is 0.193 e. The van der Waals surface area contributed by atoms with Crippen molar-refractivity contribution >= 4 is 17.3 Å². The minimum absolute atomic E-state index is 0.0293. The summed E-state index contributed by atoms with van der Waals surface area (Å²) in [4.78, 5) is 25.8. The van der Waals surface area contributed by atoms with E-state index in [-0.39, 0.29) is 24.8 Å². The number of benzene rings is 2. The van der Waals surface area contributed by atoms with Crippen molar-refractivity contribution in [3.8, 4) is 11.5 Å². The fraction of sp³-hybridized carbons (Fsp3) is 0.486. The monoisotopic (exact) mass is 621 g/mol. The molecule has 0 radical (unpaired) electrons. The number of carbonyl (C=O) groups is 2. The van der Waals surface area contributed by atoms with Crippen LogP contribution in [0.5, 0.6) is 11.5 Å². The lowest BCUT2D eigenvalue weighted by atomic mass is 9.44. The summed E-state index contributed by atoms with van der Waals surface area (Å²) in [5, 5.41) is 21.8. The van der Waals surface area contributed by atoms with E-state index in [9.17, 15) is 19.8 Å². The summed E-state index contributed by atoms with van der Waals surface area (Å²) >= 11 is 0. The topological polar surface area (TPSA) is 128 Å². The molecular weight excluding hydrogens is 584 g/mol. The highest BCUT2D eigenvalue weighted by molar-refractivity contribution is 6.01. The van der Waals surface area contributed by atoms with Crippen LogP contribution in [0.2, 0.25) is 0 Å². The van der Waals surface area contributed by atoms with Crippen molar-refractivity contribution in [2.24, 2.45) is 22.7 Å². The third kappa shape index (κ3) is 4.01. The van der Waals surface area contributed by atoms with Crippen LogP contribution in [-0.2, 0) is 19.1 Å². The Morgan fingerprint density at radius 3 is 2.53 bits per heavy atom. The molecule has 1 saturated heterocycles. The lowest BCUT2D eigenvalue weighted by molar-refractivity contribution is -0.235. The number of aryl methyl sites for hydroxylation is 1. The van der Waals surface area contributed by atoms with Crippen LogP contribution >= 0.6 is 0 Å². The number of ether oxygens (including phenoxy) is 3. The molecule has 0 aromatic heterocycles. The number of hydrogen-bond donors (Lipinski definition) is 3.